The molecule has 2 amide bonds. The van der Waals surface area contributed by atoms with Gasteiger partial charge in [0.15, 0.2) is 0 Å². The highest BCUT2D eigenvalue weighted by Crippen LogP contribution is 2.23. The Labute approximate surface area is 199 Å². The number of aryl methyl sites for hydroxylation is 1. The molecule has 5 rings (SSSR count). The third-order valence-corrected chi connectivity index (χ3v) is 6.65. The number of pyridine rings is 2. The van der Waals surface area contributed by atoms with Crippen molar-refractivity contribution in [2.45, 2.75) is 51.1 Å². The first-order valence-corrected chi connectivity index (χ1v) is 12.4. The number of unbranched alkanes of at least 4 members (excludes halogenated alkanes) is 1. The number of amides is 2. The molecule has 0 spiro atoms. The Hall–Kier alpha value is -3.04. The average Bonchev–Trinajstić information content (AvgIpc) is 3.54. The van der Waals surface area contributed by atoms with Gasteiger partial charge in [-0.25, -0.2) is 9.78 Å². The fourth-order valence-electron chi connectivity index (χ4n) is 4.71. The van der Waals surface area contributed by atoms with Gasteiger partial charge in [0, 0.05) is 49.2 Å². The summed E-state index contributed by atoms with van der Waals surface area (Å²) in [6, 6.07) is 5.75. The molecule has 0 bridgehead atoms. The molecule has 3 aromatic rings. The van der Waals surface area contributed by atoms with Gasteiger partial charge in [-0.05, 0) is 50.4 Å². The number of nitrogens with one attached hydrogen (secondary N) is 2. The second kappa shape index (κ2) is 10.9. The van der Waals surface area contributed by atoms with E-state index in [0.29, 0.717) is 5.82 Å². The van der Waals surface area contributed by atoms with Crippen LogP contribution in [0.5, 0.6) is 0 Å². The van der Waals surface area contributed by atoms with E-state index in [9.17, 15) is 4.79 Å². The number of urea groups is 1. The largest absolute Gasteiger partial charge is 0.379 e. The number of carbonyl (C=O) groups excluding carboxylic acids is 1. The molecule has 4 heterocycles. The van der Waals surface area contributed by atoms with Gasteiger partial charge in [0.1, 0.15) is 5.82 Å². The lowest BCUT2D eigenvalue weighted by Gasteiger charge is -2.26. The Morgan fingerprint density at radius 3 is 2.71 bits per heavy atom. The lowest BCUT2D eigenvalue weighted by Crippen LogP contribution is -2.36. The first-order valence-electron chi connectivity index (χ1n) is 12.4. The summed E-state index contributed by atoms with van der Waals surface area (Å²) in [5.74, 6) is 0.526. The number of fused-ring (bicyclic) bond motifs is 1. The molecule has 9 heteroatoms. The Balaban J connectivity index is 1.18. The van der Waals surface area contributed by atoms with E-state index in [2.05, 4.69) is 36.8 Å². The van der Waals surface area contributed by atoms with Gasteiger partial charge in [-0.2, -0.15) is 5.10 Å². The molecule has 9 nitrogen and oxygen atoms in total. The molecule has 0 atom stereocenters. The molecule has 2 fully saturated rings. The highest BCUT2D eigenvalue weighted by atomic mass is 16.5. The van der Waals surface area contributed by atoms with Crippen LogP contribution in [0.2, 0.25) is 0 Å². The van der Waals surface area contributed by atoms with Crippen LogP contribution in [0.25, 0.3) is 22.2 Å². The van der Waals surface area contributed by atoms with E-state index in [4.69, 9.17) is 4.74 Å². The van der Waals surface area contributed by atoms with E-state index < -0.39 is 0 Å². The molecule has 3 aromatic heterocycles. The van der Waals surface area contributed by atoms with Crippen LogP contribution < -0.4 is 10.6 Å². The molecule has 34 heavy (non-hydrogen) atoms. The van der Waals surface area contributed by atoms with Crippen molar-refractivity contribution in [3.63, 3.8) is 0 Å². The minimum atomic E-state index is -0.197. The molecule has 0 unspecified atom stereocenters. The number of hydrogen-bond donors (Lipinski definition) is 2. The van der Waals surface area contributed by atoms with Gasteiger partial charge in [0.25, 0.3) is 0 Å². The molecule has 2 N–H and O–H groups in total. The number of carbonyl (C=O) groups is 1. The van der Waals surface area contributed by atoms with Gasteiger partial charge in [0.05, 0.1) is 30.4 Å². The summed E-state index contributed by atoms with van der Waals surface area (Å²) in [7, 11) is 0. The molecule has 180 valence electrons. The smallest absolute Gasteiger partial charge is 0.320 e. The summed E-state index contributed by atoms with van der Waals surface area (Å²) in [5, 5.41) is 10.4. The van der Waals surface area contributed by atoms with Gasteiger partial charge in [-0.1, -0.05) is 12.8 Å². The van der Waals surface area contributed by atoms with Crippen molar-refractivity contribution < 1.29 is 9.53 Å². The topological polar surface area (TPSA) is 97.2 Å². The molecular formula is C25H33N7O2. The first kappa shape index (κ1) is 22.7. The van der Waals surface area contributed by atoms with Crippen LogP contribution in [-0.4, -0.2) is 69.6 Å². The molecule has 1 saturated carbocycles. The Morgan fingerprint density at radius 1 is 1.03 bits per heavy atom. The zero-order chi connectivity index (χ0) is 23.2. The van der Waals surface area contributed by atoms with Crippen LogP contribution in [0.15, 0.2) is 36.8 Å². The summed E-state index contributed by atoms with van der Waals surface area (Å²) in [6.45, 7) is 5.79. The number of anilines is 1. The second-order valence-electron chi connectivity index (χ2n) is 9.19. The predicted molar refractivity (Wildman–Crippen MR) is 132 cm³/mol. The van der Waals surface area contributed by atoms with Crippen molar-refractivity contribution in [3.05, 3.63) is 36.8 Å². The van der Waals surface area contributed by atoms with Gasteiger partial charge in [-0.3, -0.25) is 19.9 Å². The van der Waals surface area contributed by atoms with E-state index in [-0.39, 0.29) is 12.1 Å². The number of ether oxygens (including phenoxy) is 1. The van der Waals surface area contributed by atoms with Crippen LogP contribution in [0.3, 0.4) is 0 Å². The lowest BCUT2D eigenvalue weighted by atomic mass is 10.1. The summed E-state index contributed by atoms with van der Waals surface area (Å²) in [4.78, 5) is 23.9. The molecular weight excluding hydrogens is 430 g/mol. The minimum Gasteiger partial charge on any atom is -0.379 e. The number of aromatic nitrogens is 4. The Kier molecular flexibility index (Phi) is 7.31. The minimum absolute atomic E-state index is 0.197. The quantitative estimate of drug-likeness (QED) is 0.495. The van der Waals surface area contributed by atoms with Crippen molar-refractivity contribution in [1.29, 1.82) is 0 Å². The molecule has 0 radical (unpaired) electrons. The maximum Gasteiger partial charge on any atom is 0.320 e. The third-order valence-electron chi connectivity index (χ3n) is 6.65. The third kappa shape index (κ3) is 5.90. The molecule has 1 aliphatic carbocycles. The van der Waals surface area contributed by atoms with Gasteiger partial charge in [-0.15, -0.1) is 0 Å². The Morgan fingerprint density at radius 2 is 1.85 bits per heavy atom. The predicted octanol–water partition coefficient (Wildman–Crippen LogP) is 3.67. The highest BCUT2D eigenvalue weighted by molar-refractivity contribution is 5.90. The van der Waals surface area contributed by atoms with Crippen molar-refractivity contribution >= 4 is 22.9 Å². The van der Waals surface area contributed by atoms with E-state index in [1.54, 1.807) is 6.07 Å². The van der Waals surface area contributed by atoms with Crippen molar-refractivity contribution in [3.8, 4) is 11.1 Å². The van der Waals surface area contributed by atoms with Gasteiger partial charge < -0.3 is 10.1 Å². The van der Waals surface area contributed by atoms with Crippen molar-refractivity contribution in [1.82, 2.24) is 30.0 Å². The fourth-order valence-corrected chi connectivity index (χ4v) is 4.71. The number of morpholine rings is 1. The summed E-state index contributed by atoms with van der Waals surface area (Å²) < 4.78 is 7.41. The molecule has 1 saturated heterocycles. The van der Waals surface area contributed by atoms with Gasteiger partial charge >= 0.3 is 6.03 Å². The number of hydrogen-bond acceptors (Lipinski definition) is 6. The van der Waals surface area contributed by atoms with Crippen LogP contribution in [-0.2, 0) is 11.3 Å². The fraction of sp³-hybridized carbons (Fsp3) is 0.520. The van der Waals surface area contributed by atoms with Crippen LogP contribution in [0.4, 0.5) is 10.6 Å². The monoisotopic (exact) mass is 463 g/mol. The number of rotatable bonds is 8. The maximum atomic E-state index is 12.3. The van der Waals surface area contributed by atoms with E-state index >= 15 is 0 Å². The summed E-state index contributed by atoms with van der Waals surface area (Å²) in [5.41, 5.74) is 3.52. The Bertz CT molecular complexity index is 1100. The summed E-state index contributed by atoms with van der Waals surface area (Å²) >= 11 is 0. The van der Waals surface area contributed by atoms with E-state index in [1.807, 2.05) is 29.2 Å². The number of nitrogens with zero attached hydrogens (tertiary/aromatic N) is 5. The second-order valence-corrected chi connectivity index (χ2v) is 9.19. The highest BCUT2D eigenvalue weighted by Gasteiger charge is 2.17. The summed E-state index contributed by atoms with van der Waals surface area (Å²) in [6.07, 6.45) is 12.5. The average molecular weight is 464 g/mol. The normalized spacial score (nSPS) is 17.3. The van der Waals surface area contributed by atoms with Crippen LogP contribution in [0.1, 0.15) is 38.5 Å². The lowest BCUT2D eigenvalue weighted by molar-refractivity contribution is 0.0370. The zero-order valence-electron chi connectivity index (χ0n) is 19.6. The van der Waals surface area contributed by atoms with Crippen LogP contribution >= 0.6 is 0 Å². The zero-order valence-corrected chi connectivity index (χ0v) is 19.6. The van der Waals surface area contributed by atoms with Gasteiger partial charge in [0.2, 0.25) is 0 Å². The van der Waals surface area contributed by atoms with Crippen molar-refractivity contribution in [2.75, 3.05) is 38.2 Å². The first-order chi connectivity index (χ1) is 16.7. The van der Waals surface area contributed by atoms with E-state index in [0.717, 1.165) is 87.2 Å². The molecule has 2 aliphatic rings. The van der Waals surface area contributed by atoms with Crippen molar-refractivity contribution in [2.24, 2.45) is 0 Å². The molecule has 0 aromatic carbocycles. The molecule has 1 aliphatic heterocycles. The SMILES string of the molecule is O=C(Nc1ccc2ncc(-c3cnn(CCCCN4CCOCC4)c3)cc2n1)NC1CCCC1. The van der Waals surface area contributed by atoms with E-state index in [1.165, 1.54) is 12.8 Å². The maximum absolute atomic E-state index is 12.3. The van der Waals surface area contributed by atoms with Crippen LogP contribution in [0, 0.1) is 0 Å². The standard InChI is InChI=1S/C25H33N7O2/c33-25(28-21-5-1-2-6-21)30-24-8-7-22-23(29-24)15-19(16-26-22)20-17-27-32(18-20)10-4-3-9-31-11-13-34-14-12-31/h7-8,15-18,21H,1-6,9-14H2,(H2,28,29,30,33).